The fourth-order valence-corrected chi connectivity index (χ4v) is 3.46. The SMILES string of the molecule is Cn1ncc2c(SCC(=O)c3ccc(Oc4ccccc4)cc3)ncnc21. The Labute approximate surface area is 160 Å². The van der Waals surface area contributed by atoms with Gasteiger partial charge in [-0.2, -0.15) is 5.10 Å². The lowest BCUT2D eigenvalue weighted by Crippen LogP contribution is -2.02. The summed E-state index contributed by atoms with van der Waals surface area (Å²) in [5, 5.41) is 5.79. The number of hydrogen-bond acceptors (Lipinski definition) is 6. The smallest absolute Gasteiger partial charge is 0.173 e. The van der Waals surface area contributed by atoms with Gasteiger partial charge >= 0.3 is 0 Å². The quantitative estimate of drug-likeness (QED) is 0.286. The predicted octanol–water partition coefficient (Wildman–Crippen LogP) is 4.13. The van der Waals surface area contributed by atoms with Gasteiger partial charge in [0.05, 0.1) is 17.3 Å². The molecule has 4 aromatic rings. The number of ether oxygens (including phenoxy) is 1. The largest absolute Gasteiger partial charge is 0.457 e. The Hall–Kier alpha value is -3.19. The Kier molecular flexibility index (Phi) is 4.84. The zero-order valence-electron chi connectivity index (χ0n) is 14.6. The van der Waals surface area contributed by atoms with E-state index in [2.05, 4.69) is 15.1 Å². The van der Waals surface area contributed by atoms with Crippen LogP contribution in [0.3, 0.4) is 0 Å². The lowest BCUT2D eigenvalue weighted by atomic mass is 10.1. The topological polar surface area (TPSA) is 69.9 Å². The van der Waals surface area contributed by atoms with Crippen LogP contribution < -0.4 is 4.74 Å². The Morgan fingerprint density at radius 3 is 2.56 bits per heavy atom. The van der Waals surface area contributed by atoms with Crippen molar-refractivity contribution in [3.8, 4) is 11.5 Å². The molecule has 134 valence electrons. The third-order valence-corrected chi connectivity index (χ3v) is 4.99. The molecule has 0 N–H and O–H groups in total. The Morgan fingerprint density at radius 2 is 1.78 bits per heavy atom. The number of hydrogen-bond donors (Lipinski definition) is 0. The van der Waals surface area contributed by atoms with Gasteiger partial charge in [-0.05, 0) is 36.4 Å². The molecule has 7 heteroatoms. The van der Waals surface area contributed by atoms with E-state index in [-0.39, 0.29) is 5.78 Å². The van der Waals surface area contributed by atoms with E-state index < -0.39 is 0 Å². The van der Waals surface area contributed by atoms with E-state index >= 15 is 0 Å². The number of carbonyl (C=O) groups is 1. The van der Waals surface area contributed by atoms with Crippen molar-refractivity contribution in [2.75, 3.05) is 5.75 Å². The van der Waals surface area contributed by atoms with Gasteiger partial charge in [-0.3, -0.25) is 9.48 Å². The van der Waals surface area contributed by atoms with Gasteiger partial charge < -0.3 is 4.74 Å². The highest BCUT2D eigenvalue weighted by Crippen LogP contribution is 2.25. The zero-order chi connectivity index (χ0) is 18.6. The van der Waals surface area contributed by atoms with Crippen LogP contribution in [0.2, 0.25) is 0 Å². The summed E-state index contributed by atoms with van der Waals surface area (Å²) >= 11 is 1.39. The number of nitrogens with zero attached hydrogens (tertiary/aromatic N) is 4. The van der Waals surface area contributed by atoms with Crippen molar-refractivity contribution >= 4 is 28.6 Å². The van der Waals surface area contributed by atoms with Crippen molar-refractivity contribution in [1.82, 2.24) is 19.7 Å². The van der Waals surface area contributed by atoms with Crippen molar-refractivity contribution in [1.29, 1.82) is 0 Å². The van der Waals surface area contributed by atoms with Crippen LogP contribution in [0, 0.1) is 0 Å². The predicted molar refractivity (Wildman–Crippen MR) is 104 cm³/mol. The summed E-state index contributed by atoms with van der Waals surface area (Å²) in [6.07, 6.45) is 3.21. The van der Waals surface area contributed by atoms with Crippen molar-refractivity contribution in [3.63, 3.8) is 0 Å². The molecule has 2 aromatic carbocycles. The first kappa shape index (κ1) is 17.2. The van der Waals surface area contributed by atoms with Gasteiger partial charge in [-0.1, -0.05) is 30.0 Å². The third kappa shape index (κ3) is 3.83. The molecule has 0 aliphatic heterocycles. The first-order valence-corrected chi connectivity index (χ1v) is 9.31. The van der Waals surface area contributed by atoms with Gasteiger partial charge in [-0.15, -0.1) is 0 Å². The van der Waals surface area contributed by atoms with Gasteiger partial charge in [0.15, 0.2) is 11.4 Å². The second-order valence-corrected chi connectivity index (χ2v) is 6.80. The molecule has 0 saturated carbocycles. The van der Waals surface area contributed by atoms with E-state index in [1.165, 1.54) is 18.1 Å². The highest BCUT2D eigenvalue weighted by atomic mass is 32.2. The number of aryl methyl sites for hydroxylation is 1. The number of ketones is 1. The molecule has 2 heterocycles. The molecule has 0 saturated heterocycles. The highest BCUT2D eigenvalue weighted by Gasteiger charge is 2.12. The van der Waals surface area contributed by atoms with E-state index in [1.54, 1.807) is 35.1 Å². The van der Waals surface area contributed by atoms with Crippen LogP contribution >= 0.6 is 11.8 Å². The number of Topliss-reactive ketones (excluding diaryl/α,β-unsaturated/α-hetero) is 1. The summed E-state index contributed by atoms with van der Waals surface area (Å²) in [5.41, 5.74) is 1.39. The maximum absolute atomic E-state index is 12.5. The molecular formula is C20H16N4O2S. The molecule has 27 heavy (non-hydrogen) atoms. The average molecular weight is 376 g/mol. The minimum atomic E-state index is 0.0295. The lowest BCUT2D eigenvalue weighted by molar-refractivity contribution is 0.102. The van der Waals surface area contributed by atoms with E-state index in [9.17, 15) is 4.79 Å². The van der Waals surface area contributed by atoms with Crippen LogP contribution in [0.4, 0.5) is 0 Å². The van der Waals surface area contributed by atoms with Crippen molar-refractivity contribution < 1.29 is 9.53 Å². The highest BCUT2D eigenvalue weighted by molar-refractivity contribution is 8.00. The molecule has 0 unspecified atom stereocenters. The first-order valence-electron chi connectivity index (χ1n) is 8.32. The average Bonchev–Trinajstić information content (AvgIpc) is 3.09. The summed E-state index contributed by atoms with van der Waals surface area (Å²) in [6, 6.07) is 16.7. The van der Waals surface area contributed by atoms with Gasteiger partial charge in [0, 0.05) is 12.6 Å². The molecule has 0 aliphatic carbocycles. The summed E-state index contributed by atoms with van der Waals surface area (Å²) < 4.78 is 7.44. The number of rotatable bonds is 6. The Balaban J connectivity index is 1.42. The van der Waals surface area contributed by atoms with Crippen LogP contribution in [0.5, 0.6) is 11.5 Å². The van der Waals surface area contributed by atoms with Crippen molar-refractivity contribution in [3.05, 3.63) is 72.7 Å². The molecule has 0 amide bonds. The molecule has 0 spiro atoms. The molecule has 4 rings (SSSR count). The summed E-state index contributed by atoms with van der Waals surface area (Å²) in [6.45, 7) is 0. The normalized spacial score (nSPS) is 10.9. The zero-order valence-corrected chi connectivity index (χ0v) is 15.4. The first-order chi connectivity index (χ1) is 13.2. The van der Waals surface area contributed by atoms with E-state index in [4.69, 9.17) is 4.74 Å². The van der Waals surface area contributed by atoms with Gasteiger partial charge in [0.2, 0.25) is 0 Å². The van der Waals surface area contributed by atoms with E-state index in [1.807, 2.05) is 37.4 Å². The molecule has 0 radical (unpaired) electrons. The van der Waals surface area contributed by atoms with E-state index in [0.29, 0.717) is 17.1 Å². The monoisotopic (exact) mass is 376 g/mol. The fraction of sp³-hybridized carbons (Fsp3) is 0.100. The second-order valence-electron chi connectivity index (χ2n) is 5.84. The van der Waals surface area contributed by atoms with Crippen LogP contribution in [0.1, 0.15) is 10.4 Å². The standard InChI is InChI=1S/C20H16N4O2S/c1-24-19-17(11-23-24)20(22-13-21-19)27-12-18(25)14-7-9-16(10-8-14)26-15-5-3-2-4-6-15/h2-11,13H,12H2,1H3. The fourth-order valence-electron chi connectivity index (χ4n) is 2.61. The number of thioether (sulfide) groups is 1. The minimum absolute atomic E-state index is 0.0295. The van der Waals surface area contributed by atoms with E-state index in [0.717, 1.165) is 21.8 Å². The number of fused-ring (bicyclic) bond motifs is 1. The van der Waals surface area contributed by atoms with Gasteiger partial charge in [0.25, 0.3) is 0 Å². The minimum Gasteiger partial charge on any atom is -0.457 e. The number of carbonyl (C=O) groups excluding carboxylic acids is 1. The molecular weight excluding hydrogens is 360 g/mol. The van der Waals surface area contributed by atoms with Crippen LogP contribution in [0.25, 0.3) is 11.0 Å². The molecule has 0 aliphatic rings. The number of benzene rings is 2. The summed E-state index contributed by atoms with van der Waals surface area (Å²) in [5.74, 6) is 1.77. The lowest BCUT2D eigenvalue weighted by Gasteiger charge is -2.06. The van der Waals surface area contributed by atoms with Crippen LogP contribution in [-0.4, -0.2) is 31.3 Å². The van der Waals surface area contributed by atoms with Gasteiger partial charge in [0.1, 0.15) is 22.9 Å². The molecule has 2 aromatic heterocycles. The van der Waals surface area contributed by atoms with Crippen LogP contribution in [-0.2, 0) is 7.05 Å². The number of aromatic nitrogens is 4. The van der Waals surface area contributed by atoms with Crippen LogP contribution in [0.15, 0.2) is 72.1 Å². The molecule has 0 fully saturated rings. The summed E-state index contributed by atoms with van der Waals surface area (Å²) in [7, 11) is 1.83. The van der Waals surface area contributed by atoms with Crippen molar-refractivity contribution in [2.45, 2.75) is 5.03 Å². The van der Waals surface area contributed by atoms with Crippen molar-refractivity contribution in [2.24, 2.45) is 7.05 Å². The second kappa shape index (κ2) is 7.59. The van der Waals surface area contributed by atoms with Gasteiger partial charge in [-0.25, -0.2) is 9.97 Å². The third-order valence-electron chi connectivity index (χ3n) is 3.99. The Morgan fingerprint density at radius 1 is 1.04 bits per heavy atom. The maximum Gasteiger partial charge on any atom is 0.173 e. The molecule has 6 nitrogen and oxygen atoms in total. The molecule has 0 atom stereocenters. The summed E-state index contributed by atoms with van der Waals surface area (Å²) in [4.78, 5) is 21.0. The Bertz CT molecular complexity index is 1080. The molecule has 0 bridgehead atoms. The maximum atomic E-state index is 12.5. The number of para-hydroxylation sites is 1.